The summed E-state index contributed by atoms with van der Waals surface area (Å²) in [5, 5.41) is 4.24. The maximum absolute atomic E-state index is 12.0. The van der Waals surface area contributed by atoms with Gasteiger partial charge < -0.3 is 10.1 Å². The van der Waals surface area contributed by atoms with Crippen LogP contribution in [0.15, 0.2) is 60.7 Å². The molecular formula is C19H15ClN2O3. The highest BCUT2D eigenvalue weighted by atomic mass is 35.5. The van der Waals surface area contributed by atoms with Crippen LogP contribution in [0.1, 0.15) is 16.1 Å². The lowest BCUT2D eigenvalue weighted by molar-refractivity contribution is -0.124. The third-order valence-electron chi connectivity index (χ3n) is 3.54. The summed E-state index contributed by atoms with van der Waals surface area (Å²) in [6.45, 7) is -0.0251. The lowest BCUT2D eigenvalue weighted by Crippen LogP contribution is -2.28. The highest BCUT2D eigenvalue weighted by molar-refractivity contribution is 6.30. The molecule has 0 aliphatic rings. The van der Waals surface area contributed by atoms with E-state index in [-0.39, 0.29) is 18.2 Å². The van der Waals surface area contributed by atoms with Crippen molar-refractivity contribution in [1.29, 1.82) is 0 Å². The highest BCUT2D eigenvalue weighted by Crippen LogP contribution is 2.12. The topological polar surface area (TPSA) is 68.3 Å². The second-order valence-corrected chi connectivity index (χ2v) is 5.80. The molecule has 2 aromatic carbocycles. The van der Waals surface area contributed by atoms with E-state index < -0.39 is 5.97 Å². The Morgan fingerprint density at radius 2 is 1.76 bits per heavy atom. The number of para-hydroxylation sites is 1. The predicted molar refractivity (Wildman–Crippen MR) is 95.3 cm³/mol. The number of nitrogens with zero attached hydrogens (tertiary/aromatic N) is 1. The van der Waals surface area contributed by atoms with Gasteiger partial charge in [-0.2, -0.15) is 0 Å². The molecule has 0 unspecified atom stereocenters. The van der Waals surface area contributed by atoms with Gasteiger partial charge in [0.2, 0.25) is 0 Å². The smallest absolute Gasteiger partial charge is 0.357 e. The van der Waals surface area contributed by atoms with Gasteiger partial charge in [-0.25, -0.2) is 9.78 Å². The SMILES string of the molecule is O=C(COC(=O)c1ccc2ccccc2n1)NCc1ccc(Cl)cc1. The van der Waals surface area contributed by atoms with Crippen LogP contribution in [0.3, 0.4) is 0 Å². The summed E-state index contributed by atoms with van der Waals surface area (Å²) in [6.07, 6.45) is 0. The molecule has 0 aliphatic heterocycles. The Labute approximate surface area is 149 Å². The first-order valence-corrected chi connectivity index (χ1v) is 8.04. The summed E-state index contributed by atoms with van der Waals surface area (Å²) in [7, 11) is 0. The number of carbonyl (C=O) groups is 2. The number of halogens is 1. The maximum atomic E-state index is 12.0. The van der Waals surface area contributed by atoms with E-state index in [0.29, 0.717) is 17.1 Å². The number of carbonyl (C=O) groups excluding carboxylic acids is 2. The molecule has 1 amide bonds. The number of esters is 1. The van der Waals surface area contributed by atoms with E-state index in [9.17, 15) is 9.59 Å². The third kappa shape index (κ3) is 4.55. The van der Waals surface area contributed by atoms with Crippen LogP contribution in [0.2, 0.25) is 5.02 Å². The maximum Gasteiger partial charge on any atom is 0.357 e. The van der Waals surface area contributed by atoms with Crippen LogP contribution in [0.4, 0.5) is 0 Å². The van der Waals surface area contributed by atoms with E-state index in [2.05, 4.69) is 10.3 Å². The molecule has 126 valence electrons. The lowest BCUT2D eigenvalue weighted by atomic mass is 10.2. The van der Waals surface area contributed by atoms with Gasteiger partial charge in [0.15, 0.2) is 6.61 Å². The summed E-state index contributed by atoms with van der Waals surface area (Å²) in [4.78, 5) is 28.1. The number of hydrogen-bond donors (Lipinski definition) is 1. The Kier molecular flexibility index (Phi) is 5.26. The van der Waals surface area contributed by atoms with Crippen molar-refractivity contribution in [2.45, 2.75) is 6.54 Å². The van der Waals surface area contributed by atoms with Crippen molar-refractivity contribution in [1.82, 2.24) is 10.3 Å². The molecule has 0 aliphatic carbocycles. The quantitative estimate of drug-likeness (QED) is 0.713. The zero-order chi connectivity index (χ0) is 17.6. The second-order valence-electron chi connectivity index (χ2n) is 5.37. The summed E-state index contributed by atoms with van der Waals surface area (Å²) in [6, 6.07) is 17.9. The number of nitrogens with one attached hydrogen (secondary N) is 1. The zero-order valence-corrected chi connectivity index (χ0v) is 14.0. The van der Waals surface area contributed by atoms with Gasteiger partial charge in [-0.1, -0.05) is 48.0 Å². The van der Waals surface area contributed by atoms with E-state index >= 15 is 0 Å². The van der Waals surface area contributed by atoms with Crippen LogP contribution in [-0.4, -0.2) is 23.5 Å². The van der Waals surface area contributed by atoms with Gasteiger partial charge in [0.1, 0.15) is 5.69 Å². The standard InChI is InChI=1S/C19H15ClN2O3/c20-15-8-5-13(6-9-15)11-21-18(23)12-25-19(24)17-10-7-14-3-1-2-4-16(14)22-17/h1-10H,11-12H2,(H,21,23). The van der Waals surface area contributed by atoms with Crippen LogP contribution in [0, 0.1) is 0 Å². The molecule has 0 atom stereocenters. The van der Waals surface area contributed by atoms with E-state index in [4.69, 9.17) is 16.3 Å². The number of fused-ring (bicyclic) bond motifs is 1. The fourth-order valence-electron chi connectivity index (χ4n) is 2.24. The molecule has 0 spiro atoms. The molecule has 25 heavy (non-hydrogen) atoms. The first kappa shape index (κ1) is 16.9. The minimum atomic E-state index is -0.632. The van der Waals surface area contributed by atoms with Crippen LogP contribution in [0.5, 0.6) is 0 Å². The number of hydrogen-bond acceptors (Lipinski definition) is 4. The summed E-state index contributed by atoms with van der Waals surface area (Å²) < 4.78 is 5.01. The number of benzene rings is 2. The Hall–Kier alpha value is -2.92. The predicted octanol–water partition coefficient (Wildman–Crippen LogP) is 3.36. The number of pyridine rings is 1. The average molecular weight is 355 g/mol. The van der Waals surface area contributed by atoms with E-state index in [1.807, 2.05) is 36.4 Å². The Morgan fingerprint density at radius 1 is 1.00 bits per heavy atom. The Morgan fingerprint density at radius 3 is 2.56 bits per heavy atom. The third-order valence-corrected chi connectivity index (χ3v) is 3.80. The summed E-state index contributed by atoms with van der Waals surface area (Å²) in [5.41, 5.74) is 1.77. The van der Waals surface area contributed by atoms with Crippen molar-refractivity contribution >= 4 is 34.4 Å². The molecule has 1 N–H and O–H groups in total. The molecule has 3 aromatic rings. The van der Waals surface area contributed by atoms with E-state index in [0.717, 1.165) is 10.9 Å². The number of ether oxygens (including phenoxy) is 1. The lowest BCUT2D eigenvalue weighted by Gasteiger charge is -2.07. The molecule has 0 bridgehead atoms. The van der Waals surface area contributed by atoms with Gasteiger partial charge in [0.05, 0.1) is 5.52 Å². The first-order valence-electron chi connectivity index (χ1n) is 7.66. The van der Waals surface area contributed by atoms with Crippen LogP contribution in [0.25, 0.3) is 10.9 Å². The van der Waals surface area contributed by atoms with Crippen molar-refractivity contribution in [2.75, 3.05) is 6.61 Å². The number of aromatic nitrogens is 1. The summed E-state index contributed by atoms with van der Waals surface area (Å²) in [5.74, 6) is -1.02. The Balaban J connectivity index is 1.52. The molecule has 1 aromatic heterocycles. The number of rotatable bonds is 5. The van der Waals surface area contributed by atoms with Gasteiger partial charge in [-0.05, 0) is 29.8 Å². The molecule has 5 nitrogen and oxygen atoms in total. The highest BCUT2D eigenvalue weighted by Gasteiger charge is 2.12. The second kappa shape index (κ2) is 7.77. The van der Waals surface area contributed by atoms with Gasteiger partial charge in [0, 0.05) is 17.0 Å². The Bertz CT molecular complexity index is 910. The van der Waals surface area contributed by atoms with Crippen LogP contribution < -0.4 is 5.32 Å². The monoisotopic (exact) mass is 354 g/mol. The van der Waals surface area contributed by atoms with Crippen molar-refractivity contribution in [3.05, 3.63) is 76.9 Å². The molecule has 1 heterocycles. The largest absolute Gasteiger partial charge is 0.451 e. The molecular weight excluding hydrogens is 340 g/mol. The van der Waals surface area contributed by atoms with Gasteiger partial charge in [-0.3, -0.25) is 4.79 Å². The minimum absolute atomic E-state index is 0.171. The fraction of sp³-hybridized carbons (Fsp3) is 0.105. The van der Waals surface area contributed by atoms with Crippen LogP contribution >= 0.6 is 11.6 Å². The van der Waals surface area contributed by atoms with Crippen molar-refractivity contribution in [3.63, 3.8) is 0 Å². The van der Waals surface area contributed by atoms with Crippen molar-refractivity contribution in [2.24, 2.45) is 0 Å². The van der Waals surface area contributed by atoms with Gasteiger partial charge in [-0.15, -0.1) is 0 Å². The molecule has 0 fully saturated rings. The molecule has 0 saturated carbocycles. The normalized spacial score (nSPS) is 10.4. The first-order chi connectivity index (χ1) is 12.1. The van der Waals surface area contributed by atoms with Gasteiger partial charge >= 0.3 is 5.97 Å². The fourth-order valence-corrected chi connectivity index (χ4v) is 2.36. The molecule has 0 radical (unpaired) electrons. The zero-order valence-electron chi connectivity index (χ0n) is 13.2. The summed E-state index contributed by atoms with van der Waals surface area (Å²) >= 11 is 5.80. The van der Waals surface area contributed by atoms with E-state index in [1.54, 1.807) is 24.3 Å². The van der Waals surface area contributed by atoms with Crippen LogP contribution in [-0.2, 0) is 16.1 Å². The minimum Gasteiger partial charge on any atom is -0.451 e. The van der Waals surface area contributed by atoms with Crippen molar-refractivity contribution < 1.29 is 14.3 Å². The van der Waals surface area contributed by atoms with Crippen molar-refractivity contribution in [3.8, 4) is 0 Å². The molecule has 6 heteroatoms. The van der Waals surface area contributed by atoms with Gasteiger partial charge in [0.25, 0.3) is 5.91 Å². The molecule has 0 saturated heterocycles. The average Bonchev–Trinajstić information content (AvgIpc) is 2.65. The molecule has 3 rings (SSSR count). The number of amides is 1. The van der Waals surface area contributed by atoms with E-state index in [1.165, 1.54) is 0 Å².